The van der Waals surface area contributed by atoms with Gasteiger partial charge in [0, 0.05) is 66.9 Å². The maximum atomic E-state index is 6.63. The van der Waals surface area contributed by atoms with Gasteiger partial charge in [0.15, 0.2) is 0 Å². The number of aromatic nitrogens is 1. The van der Waals surface area contributed by atoms with Gasteiger partial charge in [0.1, 0.15) is 11.2 Å². The van der Waals surface area contributed by atoms with E-state index in [1.807, 2.05) is 6.07 Å². The van der Waals surface area contributed by atoms with Gasteiger partial charge in [-0.2, -0.15) is 0 Å². The first-order valence-corrected chi connectivity index (χ1v) is 28.7. The molecule has 0 radical (unpaired) electrons. The van der Waals surface area contributed by atoms with Gasteiger partial charge in [-0.05, 0) is 158 Å². The summed E-state index contributed by atoms with van der Waals surface area (Å²) >= 11 is 0. The van der Waals surface area contributed by atoms with E-state index in [1.54, 1.807) is 0 Å². The second kappa shape index (κ2) is 20.4. The maximum absolute atomic E-state index is 6.63. The van der Waals surface area contributed by atoms with Gasteiger partial charge in [0.25, 0.3) is 0 Å². The zero-order valence-corrected chi connectivity index (χ0v) is 45.8. The molecule has 4 heteroatoms. The Bertz CT molecular complexity index is 5020. The van der Waals surface area contributed by atoms with Crippen LogP contribution in [-0.4, -0.2) is 4.57 Å². The molecule has 14 aromatic carbocycles. The Balaban J connectivity index is 0.961. The molecule has 2 aromatic heterocycles. The molecule has 16 aromatic rings. The molecule has 394 valence electrons. The van der Waals surface area contributed by atoms with Crippen LogP contribution < -0.4 is 9.80 Å². The summed E-state index contributed by atoms with van der Waals surface area (Å²) in [5.41, 5.74) is 20.3. The summed E-state index contributed by atoms with van der Waals surface area (Å²) in [6, 6.07) is 117. The Kier molecular flexibility index (Phi) is 11.8. The zero-order chi connectivity index (χ0) is 55.5. The third-order valence-electron chi connectivity index (χ3n) is 16.7. The van der Waals surface area contributed by atoms with Gasteiger partial charge in [-0.15, -0.1) is 0 Å². The minimum Gasteiger partial charge on any atom is -0.455 e. The summed E-state index contributed by atoms with van der Waals surface area (Å²) in [6.07, 6.45) is 0. The molecule has 0 spiro atoms. The Morgan fingerprint density at radius 1 is 0.238 bits per heavy atom. The van der Waals surface area contributed by atoms with Crippen LogP contribution in [0.5, 0.6) is 0 Å². The molecule has 0 aliphatic carbocycles. The molecular weight excluding hydrogens is 1020 g/mol. The topological polar surface area (TPSA) is 24.6 Å². The van der Waals surface area contributed by atoms with Crippen molar-refractivity contribution >= 4 is 99.4 Å². The molecule has 2 heterocycles. The number of benzene rings is 14. The fourth-order valence-electron chi connectivity index (χ4n) is 12.8. The third-order valence-corrected chi connectivity index (χ3v) is 16.7. The minimum absolute atomic E-state index is 0.884. The smallest absolute Gasteiger partial charge is 0.143 e. The molecule has 0 saturated heterocycles. The predicted molar refractivity (Wildman–Crippen MR) is 354 cm³/mol. The first kappa shape index (κ1) is 48.7. The van der Waals surface area contributed by atoms with Crippen molar-refractivity contribution in [3.63, 3.8) is 0 Å². The summed E-state index contributed by atoms with van der Waals surface area (Å²) in [4.78, 5) is 4.87. The van der Waals surface area contributed by atoms with Crippen LogP contribution in [0.2, 0.25) is 0 Å². The van der Waals surface area contributed by atoms with E-state index in [4.69, 9.17) is 4.42 Å². The predicted octanol–water partition coefficient (Wildman–Crippen LogP) is 22.6. The molecule has 0 aliphatic heterocycles. The first-order valence-electron chi connectivity index (χ1n) is 28.7. The average Bonchev–Trinajstić information content (AvgIpc) is 2.68. The van der Waals surface area contributed by atoms with E-state index in [0.717, 1.165) is 106 Å². The highest BCUT2D eigenvalue weighted by Gasteiger charge is 2.24. The molecule has 0 unspecified atom stereocenters. The molecule has 16 rings (SSSR count). The molecule has 4 nitrogen and oxygen atoms in total. The van der Waals surface area contributed by atoms with Crippen molar-refractivity contribution < 1.29 is 4.42 Å². The van der Waals surface area contributed by atoms with Crippen LogP contribution in [0.1, 0.15) is 0 Å². The molecule has 0 bridgehead atoms. The summed E-state index contributed by atoms with van der Waals surface area (Å²) in [5.74, 6) is 0. The highest BCUT2D eigenvalue weighted by atomic mass is 16.3. The van der Waals surface area contributed by atoms with Crippen LogP contribution in [0.4, 0.5) is 34.1 Å². The van der Waals surface area contributed by atoms with Crippen LogP contribution in [0, 0.1) is 0 Å². The van der Waals surface area contributed by atoms with E-state index < -0.39 is 0 Å². The molecule has 84 heavy (non-hydrogen) atoms. The van der Waals surface area contributed by atoms with Gasteiger partial charge in [0.05, 0.1) is 11.0 Å². The maximum Gasteiger partial charge on any atom is 0.143 e. The second-order valence-electron chi connectivity index (χ2n) is 21.6. The summed E-state index contributed by atoms with van der Waals surface area (Å²) in [7, 11) is 0. The lowest BCUT2D eigenvalue weighted by molar-refractivity contribution is 0.670. The third kappa shape index (κ3) is 8.47. The number of anilines is 6. The highest BCUT2D eigenvalue weighted by Crippen LogP contribution is 2.48. The van der Waals surface area contributed by atoms with Crippen molar-refractivity contribution in [1.29, 1.82) is 0 Å². The van der Waals surface area contributed by atoms with Crippen molar-refractivity contribution in [3.05, 3.63) is 322 Å². The number of hydrogen-bond acceptors (Lipinski definition) is 3. The number of nitrogens with zero attached hydrogens (tertiary/aromatic N) is 3. The number of hydrogen-bond donors (Lipinski definition) is 0. The Morgan fingerprint density at radius 2 is 0.714 bits per heavy atom. The summed E-state index contributed by atoms with van der Waals surface area (Å²) < 4.78 is 9.04. The summed E-state index contributed by atoms with van der Waals surface area (Å²) in [6.45, 7) is 0. The lowest BCUT2D eigenvalue weighted by Gasteiger charge is -2.31. The van der Waals surface area contributed by atoms with E-state index >= 15 is 0 Å². The molecular formula is C80H53N3O. The summed E-state index contributed by atoms with van der Waals surface area (Å²) in [5, 5.41) is 9.44. The van der Waals surface area contributed by atoms with Gasteiger partial charge in [0.2, 0.25) is 0 Å². The SMILES string of the molecule is c1ccc(-c2ccc(N(c3ccc(-c4ccccc4)cc3)c3cc(-c4cc5ccccc5c5ccccc45)cc(N(c4ccc(-c5cccc6c5oc5ccccc56)cc4)c4ccc5c6ccccc6n(-c6ccccc6)c5c4)c3)cc2)cc1. The monoisotopic (exact) mass is 1070 g/mol. The quantitative estimate of drug-likeness (QED) is 0.121. The highest BCUT2D eigenvalue weighted by molar-refractivity contribution is 6.15. The fraction of sp³-hybridized carbons (Fsp3) is 0. The van der Waals surface area contributed by atoms with Gasteiger partial charge in [-0.25, -0.2) is 0 Å². The van der Waals surface area contributed by atoms with Crippen LogP contribution >= 0.6 is 0 Å². The van der Waals surface area contributed by atoms with Gasteiger partial charge in [-0.1, -0.05) is 224 Å². The molecule has 0 N–H and O–H groups in total. The molecule has 0 amide bonds. The van der Waals surface area contributed by atoms with E-state index in [2.05, 4.69) is 330 Å². The van der Waals surface area contributed by atoms with Gasteiger partial charge in [-0.3, -0.25) is 0 Å². The normalized spacial score (nSPS) is 11.6. The van der Waals surface area contributed by atoms with Crippen molar-refractivity contribution in [3.8, 4) is 50.2 Å². The van der Waals surface area contributed by atoms with Crippen LogP contribution in [-0.2, 0) is 0 Å². The lowest BCUT2D eigenvalue weighted by atomic mass is 9.92. The van der Waals surface area contributed by atoms with E-state index in [1.165, 1.54) is 43.4 Å². The van der Waals surface area contributed by atoms with Crippen LogP contribution in [0.25, 0.3) is 115 Å². The Labute approximate surface area is 487 Å². The van der Waals surface area contributed by atoms with Crippen molar-refractivity contribution in [2.45, 2.75) is 0 Å². The number of furan rings is 1. The molecule has 0 fully saturated rings. The number of para-hydroxylation sites is 4. The first-order chi connectivity index (χ1) is 41.6. The minimum atomic E-state index is 0.884. The van der Waals surface area contributed by atoms with E-state index in [9.17, 15) is 0 Å². The van der Waals surface area contributed by atoms with Crippen molar-refractivity contribution in [2.24, 2.45) is 0 Å². The van der Waals surface area contributed by atoms with Crippen LogP contribution in [0.15, 0.2) is 326 Å². The Hall–Kier alpha value is -11.2. The van der Waals surface area contributed by atoms with Gasteiger partial charge >= 0.3 is 0 Å². The standard InChI is InChI=1S/C80H53N3O/c1-4-19-54(20-5-1)56-35-41-62(42-36-56)81(63-43-37-57(38-44-63)55-21-6-2-7-22-55)66-49-60(76-51-59-23-10-11-26-68(59)70-27-12-13-28-71(70)76)50-67(52-66)82(64-45-39-58(40-46-64)69-31-18-32-75-74-30-15-17-34-79(74)84-80(69)75)65-47-48-73-72-29-14-16-33-77(72)83(78(73)53-65)61-24-8-3-9-25-61/h1-53H. The van der Waals surface area contributed by atoms with E-state index in [-0.39, 0.29) is 0 Å². The fourth-order valence-corrected chi connectivity index (χ4v) is 12.8. The largest absolute Gasteiger partial charge is 0.455 e. The number of fused-ring (bicyclic) bond motifs is 9. The van der Waals surface area contributed by atoms with Crippen molar-refractivity contribution in [1.82, 2.24) is 4.57 Å². The lowest BCUT2D eigenvalue weighted by Crippen LogP contribution is -2.14. The van der Waals surface area contributed by atoms with E-state index in [0.29, 0.717) is 0 Å². The molecule has 0 atom stereocenters. The van der Waals surface area contributed by atoms with Gasteiger partial charge < -0.3 is 18.8 Å². The average molecular weight is 1070 g/mol. The number of rotatable bonds is 11. The van der Waals surface area contributed by atoms with Crippen molar-refractivity contribution in [2.75, 3.05) is 9.80 Å². The molecule has 0 aliphatic rings. The second-order valence-corrected chi connectivity index (χ2v) is 21.6. The molecule has 0 saturated carbocycles. The zero-order valence-electron chi connectivity index (χ0n) is 45.8. The van der Waals surface area contributed by atoms with Crippen LogP contribution in [0.3, 0.4) is 0 Å². The Morgan fingerprint density at radius 3 is 1.37 bits per heavy atom.